The Kier molecular flexibility index (Phi) is 6.00. The van der Waals surface area contributed by atoms with Gasteiger partial charge in [-0.1, -0.05) is 70.1 Å². The Morgan fingerprint density at radius 1 is 0.842 bits per heavy atom. The summed E-state index contributed by atoms with van der Waals surface area (Å²) in [6, 6.07) is 8.41. The van der Waals surface area contributed by atoms with E-state index >= 15 is 0 Å². The van der Waals surface area contributed by atoms with Crippen LogP contribution in [0.1, 0.15) is 70.3 Å². The molecule has 1 heteroatoms. The van der Waals surface area contributed by atoms with Gasteiger partial charge >= 0.3 is 0 Å². The summed E-state index contributed by atoms with van der Waals surface area (Å²) in [6.07, 6.45) is 14.4. The lowest BCUT2D eigenvalue weighted by atomic mass is 10.1. The molecule has 1 aliphatic rings. The molecule has 1 radical (unpaired) electrons. The fourth-order valence-corrected chi connectivity index (χ4v) is 2.65. The number of hydrogen-bond donors (Lipinski definition) is 0. The summed E-state index contributed by atoms with van der Waals surface area (Å²) in [4.78, 5) is 0. The van der Waals surface area contributed by atoms with Gasteiger partial charge in [0.2, 0.25) is 0 Å². The average molecular weight is 256 g/mol. The van der Waals surface area contributed by atoms with E-state index in [0.717, 1.165) is 12.1 Å². The highest BCUT2D eigenvalue weighted by molar-refractivity contribution is 5.71. The third-order valence-electron chi connectivity index (χ3n) is 3.81. The van der Waals surface area contributed by atoms with Crippen LogP contribution >= 0.6 is 0 Å². The Balaban J connectivity index is 1.54. The van der Waals surface area contributed by atoms with Gasteiger partial charge in [-0.2, -0.15) is 0 Å². The summed E-state index contributed by atoms with van der Waals surface area (Å²) in [5, 5.41) is 4.67. The number of para-hydroxylation sites is 1. The van der Waals surface area contributed by atoms with Gasteiger partial charge in [0.1, 0.15) is 0 Å². The van der Waals surface area contributed by atoms with Gasteiger partial charge in [-0.05, 0) is 25.0 Å². The van der Waals surface area contributed by atoms with Crippen LogP contribution < -0.4 is 5.32 Å². The Bertz CT molecular complexity index is 406. The van der Waals surface area contributed by atoms with E-state index in [9.17, 15) is 0 Å². The van der Waals surface area contributed by atoms with Crippen LogP contribution in [-0.2, 0) is 0 Å². The number of nitrogens with zero attached hydrogens (tertiary/aromatic N) is 1. The Morgan fingerprint density at radius 3 is 2.26 bits per heavy atom. The predicted molar refractivity (Wildman–Crippen MR) is 83.4 cm³/mol. The van der Waals surface area contributed by atoms with Crippen molar-refractivity contribution < 1.29 is 0 Å². The van der Waals surface area contributed by atoms with Crippen molar-refractivity contribution in [2.45, 2.75) is 64.7 Å². The third kappa shape index (κ3) is 4.74. The predicted octanol–water partition coefficient (Wildman–Crippen LogP) is 5.81. The van der Waals surface area contributed by atoms with Crippen LogP contribution in [0.15, 0.2) is 30.0 Å². The average Bonchev–Trinajstić information content (AvgIpc) is 2.84. The SMILES string of the molecule is CCCCCCCCCCC1=Cc2ccccc2[N]1. The highest BCUT2D eigenvalue weighted by Crippen LogP contribution is 2.29. The highest BCUT2D eigenvalue weighted by Gasteiger charge is 2.11. The lowest BCUT2D eigenvalue weighted by molar-refractivity contribution is 0.573. The maximum absolute atomic E-state index is 4.67. The molecular formula is C18H26N. The molecule has 0 saturated heterocycles. The van der Waals surface area contributed by atoms with E-state index in [1.807, 2.05) is 0 Å². The standard InChI is InChI=1S/C18H26N/c1-2-3-4-5-6-7-8-9-13-17-15-16-12-10-11-14-18(16)19-17/h10-12,14-15H,2-9,13H2,1H3. The smallest absolute Gasteiger partial charge is 0.0705 e. The van der Waals surface area contributed by atoms with Crippen LogP contribution in [0.3, 0.4) is 0 Å². The van der Waals surface area contributed by atoms with Gasteiger partial charge in [0.05, 0.1) is 5.69 Å². The van der Waals surface area contributed by atoms with Gasteiger partial charge in [0, 0.05) is 11.3 Å². The van der Waals surface area contributed by atoms with Crippen LogP contribution in [0.2, 0.25) is 0 Å². The molecule has 0 aromatic heterocycles. The summed E-state index contributed by atoms with van der Waals surface area (Å²) >= 11 is 0. The van der Waals surface area contributed by atoms with E-state index in [2.05, 4.69) is 42.6 Å². The van der Waals surface area contributed by atoms with E-state index < -0.39 is 0 Å². The molecule has 0 unspecified atom stereocenters. The van der Waals surface area contributed by atoms with Gasteiger partial charge in [0.25, 0.3) is 0 Å². The number of benzene rings is 1. The first-order valence-corrected chi connectivity index (χ1v) is 7.91. The molecule has 0 saturated carbocycles. The first-order chi connectivity index (χ1) is 9.40. The molecule has 0 atom stereocenters. The van der Waals surface area contributed by atoms with Crippen LogP contribution in [0.25, 0.3) is 6.08 Å². The minimum Gasteiger partial charge on any atom is -0.253 e. The molecule has 0 N–H and O–H groups in total. The van der Waals surface area contributed by atoms with Crippen molar-refractivity contribution in [3.63, 3.8) is 0 Å². The molecule has 1 aliphatic heterocycles. The zero-order valence-corrected chi connectivity index (χ0v) is 12.2. The van der Waals surface area contributed by atoms with E-state index in [1.165, 1.54) is 62.6 Å². The molecule has 103 valence electrons. The molecule has 0 amide bonds. The minimum atomic E-state index is 1.14. The lowest BCUT2D eigenvalue weighted by Gasteiger charge is -2.03. The van der Waals surface area contributed by atoms with Crippen molar-refractivity contribution in [1.29, 1.82) is 0 Å². The van der Waals surface area contributed by atoms with E-state index in [0.29, 0.717) is 0 Å². The fourth-order valence-electron chi connectivity index (χ4n) is 2.65. The van der Waals surface area contributed by atoms with Crippen molar-refractivity contribution >= 4 is 11.8 Å². The maximum Gasteiger partial charge on any atom is 0.0705 e. The Hall–Kier alpha value is -1.24. The van der Waals surface area contributed by atoms with Crippen LogP contribution in [0, 0.1) is 0 Å². The molecule has 1 aromatic carbocycles. The molecule has 0 spiro atoms. The Morgan fingerprint density at radius 2 is 1.53 bits per heavy atom. The molecule has 0 bridgehead atoms. The summed E-state index contributed by atoms with van der Waals surface area (Å²) < 4.78 is 0. The highest BCUT2D eigenvalue weighted by atomic mass is 14.9. The zero-order chi connectivity index (χ0) is 13.3. The molecule has 0 fully saturated rings. The first kappa shape index (κ1) is 14.2. The van der Waals surface area contributed by atoms with E-state index in [1.54, 1.807) is 0 Å². The van der Waals surface area contributed by atoms with Crippen molar-refractivity contribution in [3.8, 4) is 0 Å². The molecule has 2 rings (SSSR count). The van der Waals surface area contributed by atoms with Gasteiger partial charge in [-0.3, -0.25) is 5.32 Å². The van der Waals surface area contributed by atoms with E-state index in [-0.39, 0.29) is 0 Å². The van der Waals surface area contributed by atoms with E-state index in [4.69, 9.17) is 0 Å². The molecule has 1 aromatic rings. The number of unbranched alkanes of at least 4 members (excludes halogenated alkanes) is 7. The van der Waals surface area contributed by atoms with Crippen LogP contribution in [0.5, 0.6) is 0 Å². The maximum atomic E-state index is 4.67. The summed E-state index contributed by atoms with van der Waals surface area (Å²) in [6.45, 7) is 2.27. The largest absolute Gasteiger partial charge is 0.253 e. The second-order valence-electron chi connectivity index (χ2n) is 5.53. The minimum absolute atomic E-state index is 1.14. The normalized spacial score (nSPS) is 13.0. The number of rotatable bonds is 9. The second kappa shape index (κ2) is 8.04. The molecular weight excluding hydrogens is 230 g/mol. The molecule has 19 heavy (non-hydrogen) atoms. The topological polar surface area (TPSA) is 14.1 Å². The van der Waals surface area contributed by atoms with Gasteiger partial charge < -0.3 is 0 Å². The van der Waals surface area contributed by atoms with Crippen LogP contribution in [0.4, 0.5) is 5.69 Å². The number of allylic oxidation sites excluding steroid dienone is 1. The van der Waals surface area contributed by atoms with Gasteiger partial charge in [-0.25, -0.2) is 0 Å². The summed E-state index contributed by atoms with van der Waals surface area (Å²) in [7, 11) is 0. The zero-order valence-electron chi connectivity index (χ0n) is 12.2. The monoisotopic (exact) mass is 256 g/mol. The second-order valence-corrected chi connectivity index (χ2v) is 5.53. The summed E-state index contributed by atoms with van der Waals surface area (Å²) in [5.74, 6) is 0. The van der Waals surface area contributed by atoms with Gasteiger partial charge in [0.15, 0.2) is 0 Å². The molecule has 1 nitrogen and oxygen atoms in total. The quantitative estimate of drug-likeness (QED) is 0.495. The Labute approximate surface area is 118 Å². The third-order valence-corrected chi connectivity index (χ3v) is 3.81. The van der Waals surface area contributed by atoms with Crippen molar-refractivity contribution in [2.75, 3.05) is 0 Å². The van der Waals surface area contributed by atoms with Crippen molar-refractivity contribution in [3.05, 3.63) is 35.5 Å². The first-order valence-electron chi connectivity index (χ1n) is 7.91. The van der Waals surface area contributed by atoms with Crippen LogP contribution in [-0.4, -0.2) is 0 Å². The lowest BCUT2D eigenvalue weighted by Crippen LogP contribution is -1.92. The van der Waals surface area contributed by atoms with Crippen molar-refractivity contribution in [2.24, 2.45) is 0 Å². The van der Waals surface area contributed by atoms with Crippen molar-refractivity contribution in [1.82, 2.24) is 5.32 Å². The fraction of sp³-hybridized carbons (Fsp3) is 0.556. The summed E-state index contributed by atoms with van der Waals surface area (Å²) in [5.41, 5.74) is 3.71. The number of hydrogen-bond acceptors (Lipinski definition) is 0. The van der Waals surface area contributed by atoms with Gasteiger partial charge in [-0.15, -0.1) is 0 Å². The number of fused-ring (bicyclic) bond motifs is 1. The molecule has 0 aliphatic carbocycles. The molecule has 1 heterocycles.